The van der Waals surface area contributed by atoms with Crippen LogP contribution in [0.1, 0.15) is 37.8 Å². The Morgan fingerprint density at radius 2 is 2.00 bits per heavy atom. The highest BCUT2D eigenvalue weighted by molar-refractivity contribution is 5.28. The molecule has 3 heteroatoms. The number of rotatable bonds is 7. The predicted octanol–water partition coefficient (Wildman–Crippen LogP) is 2.86. The molecule has 0 aliphatic heterocycles. The summed E-state index contributed by atoms with van der Waals surface area (Å²) in [5.74, 6) is 1.62. The summed E-state index contributed by atoms with van der Waals surface area (Å²) in [5, 5.41) is 0. The van der Waals surface area contributed by atoms with E-state index >= 15 is 0 Å². The van der Waals surface area contributed by atoms with Gasteiger partial charge in [0.25, 0.3) is 0 Å². The van der Waals surface area contributed by atoms with Crippen molar-refractivity contribution in [3.8, 4) is 5.75 Å². The zero-order valence-corrected chi connectivity index (χ0v) is 10.4. The maximum atomic E-state index is 5.94. The molecule has 1 atom stereocenters. The average Bonchev–Trinajstić information content (AvgIpc) is 3.18. The van der Waals surface area contributed by atoms with Gasteiger partial charge in [-0.25, -0.2) is 0 Å². The molecule has 0 aromatic heterocycles. The molecule has 17 heavy (non-hydrogen) atoms. The number of hydrogen-bond acceptors (Lipinski definition) is 3. The van der Waals surface area contributed by atoms with Crippen LogP contribution >= 0.6 is 0 Å². The van der Waals surface area contributed by atoms with Gasteiger partial charge in [-0.05, 0) is 42.9 Å². The monoisotopic (exact) mass is 235 g/mol. The van der Waals surface area contributed by atoms with E-state index in [0.717, 1.165) is 30.3 Å². The first-order chi connectivity index (χ1) is 8.29. The molecule has 1 fully saturated rings. The van der Waals surface area contributed by atoms with Crippen molar-refractivity contribution >= 4 is 0 Å². The molecule has 0 saturated heterocycles. The Morgan fingerprint density at radius 1 is 1.29 bits per heavy atom. The van der Waals surface area contributed by atoms with Crippen molar-refractivity contribution in [2.75, 3.05) is 13.4 Å². The van der Waals surface area contributed by atoms with Crippen molar-refractivity contribution in [1.29, 1.82) is 0 Å². The molecule has 1 aliphatic rings. The number of ether oxygens (including phenoxy) is 2. The van der Waals surface area contributed by atoms with E-state index in [1.54, 1.807) is 0 Å². The first kappa shape index (κ1) is 12.4. The summed E-state index contributed by atoms with van der Waals surface area (Å²) in [5.41, 5.74) is 7.09. The van der Waals surface area contributed by atoms with Crippen LogP contribution in [-0.2, 0) is 4.74 Å². The number of nitrogens with two attached hydrogens (primary N) is 1. The third-order valence-corrected chi connectivity index (χ3v) is 3.11. The lowest BCUT2D eigenvalue weighted by Gasteiger charge is -2.11. The molecule has 0 heterocycles. The van der Waals surface area contributed by atoms with E-state index in [0.29, 0.717) is 6.79 Å². The SMILES string of the molecule is CC[C@H](N)c1ccc(OCOCC2CC2)cc1. The van der Waals surface area contributed by atoms with Crippen LogP contribution < -0.4 is 10.5 Å². The van der Waals surface area contributed by atoms with Gasteiger partial charge in [-0.3, -0.25) is 0 Å². The topological polar surface area (TPSA) is 44.5 Å². The molecule has 0 unspecified atom stereocenters. The van der Waals surface area contributed by atoms with E-state index in [2.05, 4.69) is 6.92 Å². The highest BCUT2D eigenvalue weighted by Crippen LogP contribution is 2.28. The highest BCUT2D eigenvalue weighted by Gasteiger charge is 2.21. The zero-order valence-electron chi connectivity index (χ0n) is 10.4. The fraction of sp³-hybridized carbons (Fsp3) is 0.571. The molecular formula is C14H21NO2. The minimum atomic E-state index is 0.121. The molecule has 0 radical (unpaired) electrons. The molecule has 94 valence electrons. The largest absolute Gasteiger partial charge is 0.468 e. The van der Waals surface area contributed by atoms with Gasteiger partial charge >= 0.3 is 0 Å². The van der Waals surface area contributed by atoms with Gasteiger partial charge in [-0.15, -0.1) is 0 Å². The summed E-state index contributed by atoms with van der Waals surface area (Å²) in [6.45, 7) is 3.26. The molecule has 2 rings (SSSR count). The van der Waals surface area contributed by atoms with Crippen LogP contribution in [-0.4, -0.2) is 13.4 Å². The Labute approximate surface area is 103 Å². The van der Waals surface area contributed by atoms with E-state index in [4.69, 9.17) is 15.2 Å². The van der Waals surface area contributed by atoms with Crippen molar-refractivity contribution in [3.05, 3.63) is 29.8 Å². The van der Waals surface area contributed by atoms with Crippen LogP contribution in [0, 0.1) is 5.92 Å². The maximum absolute atomic E-state index is 5.94. The van der Waals surface area contributed by atoms with Crippen molar-refractivity contribution in [2.24, 2.45) is 11.7 Å². The molecule has 0 spiro atoms. The minimum absolute atomic E-state index is 0.121. The third-order valence-electron chi connectivity index (χ3n) is 3.11. The lowest BCUT2D eigenvalue weighted by atomic mass is 10.1. The summed E-state index contributed by atoms with van der Waals surface area (Å²) >= 11 is 0. The Morgan fingerprint density at radius 3 is 2.59 bits per heavy atom. The molecule has 0 amide bonds. The van der Waals surface area contributed by atoms with Crippen molar-refractivity contribution < 1.29 is 9.47 Å². The van der Waals surface area contributed by atoms with Gasteiger partial charge in [0, 0.05) is 6.04 Å². The van der Waals surface area contributed by atoms with E-state index in [1.807, 2.05) is 24.3 Å². The Kier molecular flexibility index (Phi) is 4.40. The first-order valence-corrected chi connectivity index (χ1v) is 6.35. The number of benzene rings is 1. The second-order valence-corrected chi connectivity index (χ2v) is 4.66. The lowest BCUT2D eigenvalue weighted by Crippen LogP contribution is -2.08. The van der Waals surface area contributed by atoms with Gasteiger partial charge < -0.3 is 15.2 Å². The average molecular weight is 235 g/mol. The Hall–Kier alpha value is -1.06. The molecule has 1 aromatic carbocycles. The molecule has 1 saturated carbocycles. The summed E-state index contributed by atoms with van der Waals surface area (Å²) in [6.07, 6.45) is 3.57. The van der Waals surface area contributed by atoms with E-state index in [-0.39, 0.29) is 6.04 Å². The second-order valence-electron chi connectivity index (χ2n) is 4.66. The first-order valence-electron chi connectivity index (χ1n) is 6.35. The van der Waals surface area contributed by atoms with E-state index in [1.165, 1.54) is 12.8 Å². The molecule has 1 aliphatic carbocycles. The van der Waals surface area contributed by atoms with Crippen LogP contribution in [0.2, 0.25) is 0 Å². The van der Waals surface area contributed by atoms with Crippen LogP contribution in [0.25, 0.3) is 0 Å². The smallest absolute Gasteiger partial charge is 0.189 e. The Balaban J connectivity index is 1.72. The normalized spacial score (nSPS) is 16.8. The highest BCUT2D eigenvalue weighted by atomic mass is 16.7. The summed E-state index contributed by atoms with van der Waals surface area (Å²) in [4.78, 5) is 0. The van der Waals surface area contributed by atoms with E-state index in [9.17, 15) is 0 Å². The van der Waals surface area contributed by atoms with Crippen LogP contribution in [0.15, 0.2) is 24.3 Å². The molecule has 3 nitrogen and oxygen atoms in total. The standard InChI is InChI=1S/C14H21NO2/c1-2-14(15)12-5-7-13(8-6-12)17-10-16-9-11-3-4-11/h5-8,11,14H,2-4,9-10,15H2,1H3/t14-/m0/s1. The van der Waals surface area contributed by atoms with Gasteiger partial charge in [0.1, 0.15) is 5.75 Å². The van der Waals surface area contributed by atoms with Gasteiger partial charge in [0.2, 0.25) is 0 Å². The molecule has 0 bridgehead atoms. The predicted molar refractivity (Wildman–Crippen MR) is 67.8 cm³/mol. The van der Waals surface area contributed by atoms with Gasteiger partial charge in [-0.2, -0.15) is 0 Å². The molecular weight excluding hydrogens is 214 g/mol. The van der Waals surface area contributed by atoms with Crippen molar-refractivity contribution in [1.82, 2.24) is 0 Å². The zero-order chi connectivity index (χ0) is 12.1. The third kappa shape index (κ3) is 4.02. The molecule has 1 aromatic rings. The summed E-state index contributed by atoms with van der Waals surface area (Å²) in [6, 6.07) is 8.06. The second kappa shape index (κ2) is 6.03. The van der Waals surface area contributed by atoms with Gasteiger partial charge in [0.05, 0.1) is 6.61 Å². The molecule has 2 N–H and O–H groups in total. The lowest BCUT2D eigenvalue weighted by molar-refractivity contribution is 0.00997. The van der Waals surface area contributed by atoms with Crippen molar-refractivity contribution in [2.45, 2.75) is 32.2 Å². The van der Waals surface area contributed by atoms with Gasteiger partial charge in [-0.1, -0.05) is 19.1 Å². The Bertz CT molecular complexity index is 333. The summed E-state index contributed by atoms with van der Waals surface area (Å²) in [7, 11) is 0. The minimum Gasteiger partial charge on any atom is -0.468 e. The fourth-order valence-corrected chi connectivity index (χ4v) is 1.66. The fourth-order valence-electron chi connectivity index (χ4n) is 1.66. The number of hydrogen-bond donors (Lipinski definition) is 1. The quantitative estimate of drug-likeness (QED) is 0.584. The van der Waals surface area contributed by atoms with Crippen LogP contribution in [0.4, 0.5) is 0 Å². The van der Waals surface area contributed by atoms with Crippen LogP contribution in [0.5, 0.6) is 5.75 Å². The van der Waals surface area contributed by atoms with Gasteiger partial charge in [0.15, 0.2) is 6.79 Å². The maximum Gasteiger partial charge on any atom is 0.189 e. The summed E-state index contributed by atoms with van der Waals surface area (Å²) < 4.78 is 10.9. The van der Waals surface area contributed by atoms with Crippen LogP contribution in [0.3, 0.4) is 0 Å². The van der Waals surface area contributed by atoms with E-state index < -0.39 is 0 Å². The van der Waals surface area contributed by atoms with Crippen molar-refractivity contribution in [3.63, 3.8) is 0 Å².